The van der Waals surface area contributed by atoms with E-state index in [2.05, 4.69) is 4.99 Å². The molecule has 0 spiro atoms. The predicted octanol–water partition coefficient (Wildman–Crippen LogP) is 3.26. The van der Waals surface area contributed by atoms with Gasteiger partial charge in [0, 0.05) is 10.4 Å². The lowest BCUT2D eigenvalue weighted by atomic mass is 10.0. The minimum atomic E-state index is -0.656. The molecule has 0 aliphatic carbocycles. The lowest BCUT2D eigenvalue weighted by Crippen LogP contribution is -2.39. The van der Waals surface area contributed by atoms with Gasteiger partial charge in [-0.3, -0.25) is 9.36 Å². The molecule has 0 unspecified atom stereocenters. The fraction of sp³-hybridized carbons (Fsp3) is 0.150. The van der Waals surface area contributed by atoms with Crippen molar-refractivity contribution >= 4 is 46.3 Å². The van der Waals surface area contributed by atoms with E-state index >= 15 is 0 Å². The van der Waals surface area contributed by atoms with Crippen molar-refractivity contribution in [3.63, 3.8) is 0 Å². The van der Waals surface area contributed by atoms with E-state index in [-0.39, 0.29) is 20.7 Å². The van der Waals surface area contributed by atoms with E-state index in [0.29, 0.717) is 16.1 Å². The van der Waals surface area contributed by atoms with Crippen LogP contribution < -0.4 is 14.9 Å². The first-order valence-corrected chi connectivity index (χ1v) is 10.6. The van der Waals surface area contributed by atoms with Crippen molar-refractivity contribution in [2.45, 2.75) is 13.0 Å². The number of allylic oxidation sites excluding steroid dienone is 1. The smallest absolute Gasteiger partial charge is 0.338 e. The van der Waals surface area contributed by atoms with Crippen LogP contribution in [0.4, 0.5) is 4.39 Å². The van der Waals surface area contributed by atoms with Crippen molar-refractivity contribution < 1.29 is 13.9 Å². The number of rotatable bonds is 3. The van der Waals surface area contributed by atoms with Crippen LogP contribution in [-0.4, -0.2) is 17.6 Å². The zero-order valence-electron chi connectivity index (χ0n) is 15.3. The van der Waals surface area contributed by atoms with Crippen molar-refractivity contribution in [2.75, 3.05) is 7.11 Å². The van der Waals surface area contributed by atoms with Gasteiger partial charge < -0.3 is 4.74 Å². The number of esters is 1. The van der Waals surface area contributed by atoms with Crippen LogP contribution in [0.1, 0.15) is 23.4 Å². The predicted molar refractivity (Wildman–Crippen MR) is 112 cm³/mol. The van der Waals surface area contributed by atoms with Gasteiger partial charge in [-0.2, -0.15) is 0 Å². The van der Waals surface area contributed by atoms with E-state index < -0.39 is 17.8 Å². The summed E-state index contributed by atoms with van der Waals surface area (Å²) in [6.45, 7) is 1.71. The van der Waals surface area contributed by atoms with Crippen molar-refractivity contribution in [1.29, 1.82) is 0 Å². The average molecular weight is 449 g/mol. The number of halogens is 2. The van der Waals surface area contributed by atoms with Crippen molar-refractivity contribution in [2.24, 2.45) is 4.99 Å². The molecule has 1 aromatic carbocycles. The molecule has 1 atom stereocenters. The van der Waals surface area contributed by atoms with Crippen LogP contribution in [0.25, 0.3) is 6.08 Å². The summed E-state index contributed by atoms with van der Waals surface area (Å²) in [6, 6.07) is 7.38. The molecule has 0 N–H and O–H groups in total. The summed E-state index contributed by atoms with van der Waals surface area (Å²) in [6.07, 6.45) is 1.42. The van der Waals surface area contributed by atoms with Gasteiger partial charge in [-0.1, -0.05) is 35.1 Å². The lowest BCUT2D eigenvalue weighted by molar-refractivity contribution is -0.136. The quantitative estimate of drug-likeness (QED) is 0.578. The molecule has 2 aromatic heterocycles. The molecule has 0 bridgehead atoms. The van der Waals surface area contributed by atoms with E-state index in [1.807, 2.05) is 17.5 Å². The highest BCUT2D eigenvalue weighted by Gasteiger charge is 2.33. The standard InChI is InChI=1S/C20H14ClFN2O3S2/c1-10-16(19(26)27-2)17(14-7-4-8-28-14)24-18(25)15(29-20(24)23-10)9-11-12(21)5-3-6-13(11)22/h3-9,17H,1-2H3/b15-9-/t17-/m1/s1. The summed E-state index contributed by atoms with van der Waals surface area (Å²) in [5, 5.41) is 2.08. The third-order valence-electron chi connectivity index (χ3n) is 4.51. The molecular weight excluding hydrogens is 435 g/mol. The van der Waals surface area contributed by atoms with Crippen molar-refractivity contribution in [1.82, 2.24) is 4.57 Å². The molecule has 0 saturated carbocycles. The molecule has 0 radical (unpaired) electrons. The Morgan fingerprint density at radius 3 is 2.79 bits per heavy atom. The number of aromatic nitrogens is 1. The van der Waals surface area contributed by atoms with Crippen LogP contribution in [0.2, 0.25) is 5.02 Å². The molecule has 1 aliphatic rings. The molecule has 4 rings (SSSR count). The van der Waals surface area contributed by atoms with Gasteiger partial charge in [-0.15, -0.1) is 11.3 Å². The van der Waals surface area contributed by atoms with E-state index in [1.165, 1.54) is 41.2 Å². The fourth-order valence-electron chi connectivity index (χ4n) is 3.19. The molecule has 3 aromatic rings. The molecular formula is C20H14ClFN2O3S2. The molecule has 9 heteroatoms. The number of fused-ring (bicyclic) bond motifs is 1. The number of nitrogens with zero attached hydrogens (tertiary/aromatic N) is 2. The Bertz CT molecular complexity index is 1300. The molecule has 5 nitrogen and oxygen atoms in total. The molecule has 1 aliphatic heterocycles. The number of thiazole rings is 1. The number of hydrogen-bond acceptors (Lipinski definition) is 6. The number of methoxy groups -OCH3 is 1. The lowest BCUT2D eigenvalue weighted by Gasteiger charge is -2.22. The fourth-order valence-corrected chi connectivity index (χ4v) is 5.26. The Hall–Kier alpha value is -2.55. The first-order chi connectivity index (χ1) is 13.9. The monoisotopic (exact) mass is 448 g/mol. The Morgan fingerprint density at radius 1 is 1.34 bits per heavy atom. The highest BCUT2D eigenvalue weighted by atomic mass is 35.5. The summed E-state index contributed by atoms with van der Waals surface area (Å²) in [4.78, 5) is 31.4. The van der Waals surface area contributed by atoms with Gasteiger partial charge in [0.1, 0.15) is 11.9 Å². The highest BCUT2D eigenvalue weighted by molar-refractivity contribution is 7.10. The normalized spacial score (nSPS) is 16.6. The Labute approximate surface area is 177 Å². The molecule has 29 heavy (non-hydrogen) atoms. The van der Waals surface area contributed by atoms with Crippen LogP contribution >= 0.6 is 34.3 Å². The van der Waals surface area contributed by atoms with Gasteiger partial charge in [0.15, 0.2) is 4.80 Å². The second-order valence-electron chi connectivity index (χ2n) is 6.22. The summed E-state index contributed by atoms with van der Waals surface area (Å²) in [7, 11) is 1.29. The first kappa shape index (κ1) is 19.8. The zero-order chi connectivity index (χ0) is 20.7. The Balaban J connectivity index is 2.00. The summed E-state index contributed by atoms with van der Waals surface area (Å²) >= 11 is 8.65. The topological polar surface area (TPSA) is 60.7 Å². The number of ether oxygens (including phenoxy) is 1. The van der Waals surface area contributed by atoms with Crippen LogP contribution in [0.5, 0.6) is 0 Å². The van der Waals surface area contributed by atoms with Gasteiger partial charge >= 0.3 is 5.97 Å². The Kier molecular flexibility index (Phi) is 5.24. The van der Waals surface area contributed by atoms with Crippen LogP contribution in [0.15, 0.2) is 56.8 Å². The first-order valence-electron chi connectivity index (χ1n) is 8.50. The second-order valence-corrected chi connectivity index (χ2v) is 8.62. The highest BCUT2D eigenvalue weighted by Crippen LogP contribution is 2.33. The van der Waals surface area contributed by atoms with Crippen LogP contribution in [-0.2, 0) is 9.53 Å². The largest absolute Gasteiger partial charge is 0.466 e. The number of carbonyl (C=O) groups excluding carboxylic acids is 1. The second kappa shape index (κ2) is 7.70. The van der Waals surface area contributed by atoms with Crippen molar-refractivity contribution in [3.05, 3.63) is 88.0 Å². The van der Waals surface area contributed by atoms with Gasteiger partial charge in [-0.25, -0.2) is 14.2 Å². The van der Waals surface area contributed by atoms with Gasteiger partial charge in [0.2, 0.25) is 0 Å². The van der Waals surface area contributed by atoms with Crippen LogP contribution in [0, 0.1) is 5.82 Å². The van der Waals surface area contributed by atoms with Gasteiger partial charge in [-0.05, 0) is 36.6 Å². The van der Waals surface area contributed by atoms with E-state index in [0.717, 1.165) is 16.2 Å². The number of thiophene rings is 1. The van der Waals surface area contributed by atoms with Crippen LogP contribution in [0.3, 0.4) is 0 Å². The number of carbonyl (C=O) groups is 1. The minimum absolute atomic E-state index is 0.135. The zero-order valence-corrected chi connectivity index (χ0v) is 17.7. The van der Waals surface area contributed by atoms with Crippen molar-refractivity contribution in [3.8, 4) is 0 Å². The SMILES string of the molecule is COC(=O)C1=C(C)N=c2s/c(=C\c3c(F)cccc3Cl)c(=O)n2[C@@H]1c1cccs1. The molecule has 0 saturated heterocycles. The van der Waals surface area contributed by atoms with E-state index in [9.17, 15) is 14.0 Å². The maximum Gasteiger partial charge on any atom is 0.338 e. The van der Waals surface area contributed by atoms with E-state index in [1.54, 1.807) is 13.0 Å². The summed E-state index contributed by atoms with van der Waals surface area (Å²) < 4.78 is 20.9. The Morgan fingerprint density at radius 2 is 2.14 bits per heavy atom. The third kappa shape index (κ3) is 3.37. The maximum absolute atomic E-state index is 14.2. The molecule has 0 fully saturated rings. The summed E-state index contributed by atoms with van der Waals surface area (Å²) in [5.41, 5.74) is 0.543. The van der Waals surface area contributed by atoms with E-state index in [4.69, 9.17) is 16.3 Å². The number of hydrogen-bond donors (Lipinski definition) is 0. The molecule has 148 valence electrons. The van der Waals surface area contributed by atoms with Gasteiger partial charge in [0.05, 0.1) is 27.9 Å². The molecule has 0 amide bonds. The maximum atomic E-state index is 14.2. The summed E-state index contributed by atoms with van der Waals surface area (Å²) in [5.74, 6) is -1.07. The molecule has 3 heterocycles. The minimum Gasteiger partial charge on any atom is -0.466 e. The number of benzene rings is 1. The van der Waals surface area contributed by atoms with Gasteiger partial charge in [0.25, 0.3) is 5.56 Å². The average Bonchev–Trinajstić information content (AvgIpc) is 3.32. The third-order valence-corrected chi connectivity index (χ3v) is 6.75.